The molecule has 8 atom stereocenters. The molecule has 1 aliphatic heterocycles. The minimum Gasteiger partial charge on any atom is -0.469 e. The van der Waals surface area contributed by atoms with Gasteiger partial charge < -0.3 is 14.2 Å². The van der Waals surface area contributed by atoms with Gasteiger partial charge >= 0.3 is 17.9 Å². The molecule has 1 spiro atoms. The molecular weight excluding hydrogens is 372 g/mol. The molecule has 1 heterocycles. The van der Waals surface area contributed by atoms with E-state index in [0.717, 1.165) is 24.8 Å². The maximum Gasteiger partial charge on any atom is 0.313 e. The van der Waals surface area contributed by atoms with Gasteiger partial charge in [-0.2, -0.15) is 0 Å². The number of ether oxygens (including phenoxy) is 3. The van der Waals surface area contributed by atoms with E-state index in [1.54, 1.807) is 0 Å². The summed E-state index contributed by atoms with van der Waals surface area (Å²) in [5.41, 5.74) is -1.58. The third kappa shape index (κ3) is 1.92. The number of rotatable bonds is 2. The van der Waals surface area contributed by atoms with E-state index < -0.39 is 27.9 Å². The lowest BCUT2D eigenvalue weighted by Crippen LogP contribution is -2.50. The molecule has 0 aromatic carbocycles. The molecule has 6 nitrogen and oxygen atoms in total. The zero-order valence-corrected chi connectivity index (χ0v) is 17.7. The molecule has 0 amide bonds. The maximum atomic E-state index is 13.3. The Morgan fingerprint density at radius 3 is 2.62 bits per heavy atom. The topological polar surface area (TPSA) is 78.9 Å². The second kappa shape index (κ2) is 5.44. The van der Waals surface area contributed by atoms with E-state index in [4.69, 9.17) is 14.2 Å². The molecule has 0 radical (unpaired) electrons. The number of hydrogen-bond donors (Lipinski definition) is 0. The number of fused-ring (bicyclic) bond motifs is 1. The zero-order chi connectivity index (χ0) is 21.0. The minimum absolute atomic E-state index is 0.0605. The summed E-state index contributed by atoms with van der Waals surface area (Å²) in [6, 6.07) is 0. The second-order valence-electron chi connectivity index (χ2n) is 10.4. The van der Waals surface area contributed by atoms with Crippen molar-refractivity contribution in [1.29, 1.82) is 0 Å². The van der Waals surface area contributed by atoms with E-state index in [-0.39, 0.29) is 35.7 Å². The number of esters is 3. The summed E-state index contributed by atoms with van der Waals surface area (Å²) in [6.07, 6.45) is 4.31. The van der Waals surface area contributed by atoms with E-state index in [1.165, 1.54) is 14.0 Å². The Labute approximate surface area is 171 Å². The van der Waals surface area contributed by atoms with Crippen molar-refractivity contribution in [3.8, 4) is 0 Å². The van der Waals surface area contributed by atoms with Gasteiger partial charge in [-0.15, -0.1) is 0 Å². The standard InChI is InChI=1S/C23H30O6/c1-12-6-9-23-15-7-8-22(28-14(3)24)11-21(15,10-13(22)2)16(18(25)27-5)17(23)20(12,4)19(26)29-23/h12,15-17H,2,6-11H2,1,3-5H3/t12-,15?,16?,17?,20+,21+,22+,23-/m1/s1. The first-order chi connectivity index (χ1) is 13.6. The molecule has 5 aliphatic rings. The third-order valence-electron chi connectivity index (χ3n) is 9.56. The highest BCUT2D eigenvalue weighted by molar-refractivity contribution is 5.85. The SMILES string of the molecule is C=C1C[C@]23C[C@@]1(OC(C)=O)CCC2[C@@]12CC[C@@H](C)[C@](C)(C(=O)O1)C2C3C(=O)OC. The van der Waals surface area contributed by atoms with Crippen LogP contribution in [0.3, 0.4) is 0 Å². The molecule has 1 saturated heterocycles. The monoisotopic (exact) mass is 402 g/mol. The molecule has 4 bridgehead atoms. The second-order valence-corrected chi connectivity index (χ2v) is 10.4. The van der Waals surface area contributed by atoms with E-state index in [0.29, 0.717) is 19.3 Å². The van der Waals surface area contributed by atoms with Crippen LogP contribution in [0.1, 0.15) is 59.3 Å². The first kappa shape index (κ1) is 19.1. The van der Waals surface area contributed by atoms with Crippen molar-refractivity contribution in [1.82, 2.24) is 0 Å². The fraction of sp³-hybridized carbons (Fsp3) is 0.783. The van der Waals surface area contributed by atoms with Crippen LogP contribution in [0.5, 0.6) is 0 Å². The highest BCUT2D eigenvalue weighted by Crippen LogP contribution is 2.79. The summed E-state index contributed by atoms with van der Waals surface area (Å²) >= 11 is 0. The lowest BCUT2D eigenvalue weighted by molar-refractivity contribution is -0.169. The molecule has 158 valence electrons. The molecule has 4 aliphatic carbocycles. The smallest absolute Gasteiger partial charge is 0.313 e. The predicted molar refractivity (Wildman–Crippen MR) is 102 cm³/mol. The van der Waals surface area contributed by atoms with Gasteiger partial charge in [0.2, 0.25) is 0 Å². The number of carbonyl (C=O) groups is 3. The van der Waals surface area contributed by atoms with Crippen LogP contribution in [0, 0.1) is 34.5 Å². The van der Waals surface area contributed by atoms with Gasteiger partial charge in [0.1, 0.15) is 11.2 Å². The van der Waals surface area contributed by atoms with Gasteiger partial charge in [0.25, 0.3) is 0 Å². The van der Waals surface area contributed by atoms with E-state index >= 15 is 0 Å². The van der Waals surface area contributed by atoms with Crippen molar-refractivity contribution in [2.24, 2.45) is 34.5 Å². The third-order valence-corrected chi connectivity index (χ3v) is 9.56. The Morgan fingerprint density at radius 1 is 1.24 bits per heavy atom. The Kier molecular flexibility index (Phi) is 3.59. The first-order valence-electron chi connectivity index (χ1n) is 10.8. The average Bonchev–Trinajstić information content (AvgIpc) is 3.08. The summed E-state index contributed by atoms with van der Waals surface area (Å²) in [5, 5.41) is 0. The summed E-state index contributed by atoms with van der Waals surface area (Å²) in [6.45, 7) is 9.79. The Hall–Kier alpha value is -1.85. The van der Waals surface area contributed by atoms with Crippen LogP contribution in [-0.4, -0.2) is 36.2 Å². The Morgan fingerprint density at radius 2 is 1.97 bits per heavy atom. The lowest BCUT2D eigenvalue weighted by atomic mass is 9.56. The van der Waals surface area contributed by atoms with Gasteiger partial charge in [0.15, 0.2) is 0 Å². The quantitative estimate of drug-likeness (QED) is 0.401. The molecule has 0 N–H and O–H groups in total. The highest BCUT2D eigenvalue weighted by Gasteiger charge is 2.84. The fourth-order valence-corrected chi connectivity index (χ4v) is 8.41. The average molecular weight is 402 g/mol. The van der Waals surface area contributed by atoms with Crippen LogP contribution in [0.15, 0.2) is 12.2 Å². The first-order valence-corrected chi connectivity index (χ1v) is 10.8. The van der Waals surface area contributed by atoms with Crippen molar-refractivity contribution in [2.75, 3.05) is 7.11 Å². The molecule has 4 saturated carbocycles. The summed E-state index contributed by atoms with van der Waals surface area (Å²) in [5.74, 6) is -1.21. The van der Waals surface area contributed by atoms with Crippen LogP contribution in [0.25, 0.3) is 0 Å². The zero-order valence-electron chi connectivity index (χ0n) is 17.7. The van der Waals surface area contributed by atoms with Crippen molar-refractivity contribution >= 4 is 17.9 Å². The van der Waals surface area contributed by atoms with Gasteiger partial charge in [-0.05, 0) is 62.4 Å². The lowest BCUT2D eigenvalue weighted by Gasteiger charge is -2.46. The molecule has 3 unspecified atom stereocenters. The molecule has 0 aromatic heterocycles. The predicted octanol–water partition coefficient (Wildman–Crippen LogP) is 3.19. The van der Waals surface area contributed by atoms with Crippen LogP contribution in [0.2, 0.25) is 0 Å². The van der Waals surface area contributed by atoms with Crippen molar-refractivity contribution in [2.45, 2.75) is 70.5 Å². The summed E-state index contributed by atoms with van der Waals surface area (Å²) in [4.78, 5) is 38.3. The Balaban J connectivity index is 1.70. The molecule has 0 aromatic rings. The Bertz CT molecular complexity index is 848. The summed E-state index contributed by atoms with van der Waals surface area (Å²) < 4.78 is 17.4. The van der Waals surface area contributed by atoms with E-state index in [2.05, 4.69) is 13.5 Å². The molecular formula is C23H30O6. The minimum atomic E-state index is -0.714. The van der Waals surface area contributed by atoms with Gasteiger partial charge in [0.05, 0.1) is 18.4 Å². The molecule has 5 rings (SSSR count). The van der Waals surface area contributed by atoms with Gasteiger partial charge in [-0.1, -0.05) is 13.5 Å². The number of carbonyl (C=O) groups excluding carboxylic acids is 3. The maximum absolute atomic E-state index is 13.3. The van der Waals surface area contributed by atoms with Crippen molar-refractivity contribution in [3.05, 3.63) is 12.2 Å². The molecule has 6 heteroatoms. The van der Waals surface area contributed by atoms with Gasteiger partial charge in [-0.3, -0.25) is 14.4 Å². The van der Waals surface area contributed by atoms with Crippen molar-refractivity contribution in [3.63, 3.8) is 0 Å². The van der Waals surface area contributed by atoms with Crippen LogP contribution >= 0.6 is 0 Å². The highest BCUT2D eigenvalue weighted by atomic mass is 16.6. The van der Waals surface area contributed by atoms with Crippen LogP contribution in [0.4, 0.5) is 0 Å². The molecule has 29 heavy (non-hydrogen) atoms. The van der Waals surface area contributed by atoms with Gasteiger partial charge in [0, 0.05) is 18.8 Å². The van der Waals surface area contributed by atoms with E-state index in [9.17, 15) is 14.4 Å². The van der Waals surface area contributed by atoms with Crippen LogP contribution < -0.4 is 0 Å². The summed E-state index contributed by atoms with van der Waals surface area (Å²) in [7, 11) is 1.42. The van der Waals surface area contributed by atoms with E-state index in [1.807, 2.05) is 6.92 Å². The largest absolute Gasteiger partial charge is 0.469 e. The number of methoxy groups -OCH3 is 1. The normalized spacial score (nSPS) is 51.9. The number of hydrogen-bond acceptors (Lipinski definition) is 6. The van der Waals surface area contributed by atoms with Crippen LogP contribution in [-0.2, 0) is 28.6 Å². The fourth-order valence-electron chi connectivity index (χ4n) is 8.41. The van der Waals surface area contributed by atoms with Crippen molar-refractivity contribution < 1.29 is 28.6 Å². The van der Waals surface area contributed by atoms with Gasteiger partial charge in [-0.25, -0.2) is 0 Å². The molecule has 5 fully saturated rings.